The van der Waals surface area contributed by atoms with E-state index in [0.717, 1.165) is 29.7 Å². The minimum absolute atomic E-state index is 0.0161. The van der Waals surface area contributed by atoms with Gasteiger partial charge in [-0.3, -0.25) is 4.79 Å². The first-order valence-electron chi connectivity index (χ1n) is 11.2. The van der Waals surface area contributed by atoms with E-state index in [1.165, 1.54) is 22.3 Å². The number of anilines is 1. The van der Waals surface area contributed by atoms with Crippen molar-refractivity contribution in [3.8, 4) is 0 Å². The van der Waals surface area contributed by atoms with Gasteiger partial charge in [0.05, 0.1) is 23.0 Å². The fraction of sp³-hybridized carbons (Fsp3) is 0.259. The van der Waals surface area contributed by atoms with Gasteiger partial charge in [-0.15, -0.1) is 0 Å². The molecule has 4 aromatic rings. The number of aryl methyl sites for hydroxylation is 1. The summed E-state index contributed by atoms with van der Waals surface area (Å²) in [6.07, 6.45) is 0.957. The Bertz CT molecular complexity index is 1320. The number of hydrogen-bond donors (Lipinski definition) is 2. The molecule has 5 heteroatoms. The van der Waals surface area contributed by atoms with Gasteiger partial charge < -0.3 is 10.2 Å². The second kappa shape index (κ2) is 8.24. The van der Waals surface area contributed by atoms with Crippen molar-refractivity contribution in [2.24, 2.45) is 0 Å². The van der Waals surface area contributed by atoms with E-state index in [4.69, 9.17) is 0 Å². The van der Waals surface area contributed by atoms with E-state index in [2.05, 4.69) is 90.0 Å². The first-order chi connectivity index (χ1) is 15.6. The fourth-order valence-electron chi connectivity index (χ4n) is 4.96. The topological polar surface area (TPSA) is 61.0 Å². The van der Waals surface area contributed by atoms with Gasteiger partial charge in [-0.2, -0.15) is 5.10 Å². The largest absolute Gasteiger partial charge is 0.377 e. The average Bonchev–Trinajstić information content (AvgIpc) is 2.81. The number of nitrogens with zero attached hydrogens (tertiary/aromatic N) is 2. The lowest BCUT2D eigenvalue weighted by Gasteiger charge is -2.35. The zero-order valence-corrected chi connectivity index (χ0v) is 18.7. The van der Waals surface area contributed by atoms with Crippen LogP contribution in [0.5, 0.6) is 0 Å². The molecule has 5 nitrogen and oxygen atoms in total. The summed E-state index contributed by atoms with van der Waals surface area (Å²) in [6.45, 7) is 3.09. The number of aromatic nitrogens is 2. The van der Waals surface area contributed by atoms with Crippen LogP contribution in [0.4, 0.5) is 5.69 Å². The molecule has 2 heterocycles. The van der Waals surface area contributed by atoms with E-state index >= 15 is 0 Å². The molecule has 3 aromatic carbocycles. The molecule has 0 saturated carbocycles. The first kappa shape index (κ1) is 20.5. The standard InChI is InChI=1S/C27H28N4O/c1-4-18-8-5-6-9-20(18)25-23(19-14-12-17(13-15-19)16-31(2)3)26-24-21(27(32)30-29-26)10-7-11-22(24)28-25/h5-15,23,25,28H,4,16H2,1-3H3,(H,30,32). The minimum Gasteiger partial charge on any atom is -0.377 e. The highest BCUT2D eigenvalue weighted by Gasteiger charge is 2.35. The molecule has 0 fully saturated rings. The molecule has 162 valence electrons. The van der Waals surface area contributed by atoms with Crippen LogP contribution in [-0.4, -0.2) is 29.2 Å². The molecule has 2 atom stereocenters. The summed E-state index contributed by atoms with van der Waals surface area (Å²) in [5, 5.41) is 12.7. The van der Waals surface area contributed by atoms with Crippen LogP contribution in [-0.2, 0) is 13.0 Å². The summed E-state index contributed by atoms with van der Waals surface area (Å²) in [5.41, 5.74) is 6.78. The molecule has 2 unspecified atom stereocenters. The van der Waals surface area contributed by atoms with Crippen LogP contribution in [0, 0.1) is 0 Å². The maximum Gasteiger partial charge on any atom is 0.272 e. The van der Waals surface area contributed by atoms with Crippen LogP contribution < -0.4 is 10.9 Å². The number of nitrogens with one attached hydrogen (secondary N) is 2. The normalized spacial score (nSPS) is 17.5. The summed E-state index contributed by atoms with van der Waals surface area (Å²) in [5.74, 6) is -0.0228. The zero-order chi connectivity index (χ0) is 22.2. The Morgan fingerprint density at radius 1 is 0.969 bits per heavy atom. The fourth-order valence-corrected chi connectivity index (χ4v) is 4.96. The van der Waals surface area contributed by atoms with Gasteiger partial charge in [0.15, 0.2) is 0 Å². The van der Waals surface area contributed by atoms with Gasteiger partial charge in [-0.1, -0.05) is 61.5 Å². The van der Waals surface area contributed by atoms with E-state index in [-0.39, 0.29) is 17.5 Å². The molecule has 5 rings (SSSR count). The third-order valence-electron chi connectivity index (χ3n) is 6.39. The highest BCUT2D eigenvalue weighted by Crippen LogP contribution is 2.46. The summed E-state index contributed by atoms with van der Waals surface area (Å²) in [7, 11) is 4.16. The van der Waals surface area contributed by atoms with E-state index in [9.17, 15) is 4.79 Å². The van der Waals surface area contributed by atoms with Crippen molar-refractivity contribution in [3.63, 3.8) is 0 Å². The predicted octanol–water partition coefficient (Wildman–Crippen LogP) is 4.85. The van der Waals surface area contributed by atoms with E-state index in [1.807, 2.05) is 18.2 Å². The van der Waals surface area contributed by atoms with Gasteiger partial charge >= 0.3 is 0 Å². The average molecular weight is 425 g/mol. The molecule has 1 aliphatic heterocycles. The molecule has 0 bridgehead atoms. The van der Waals surface area contributed by atoms with Gasteiger partial charge in [0.25, 0.3) is 5.56 Å². The van der Waals surface area contributed by atoms with Crippen molar-refractivity contribution in [2.45, 2.75) is 31.8 Å². The van der Waals surface area contributed by atoms with Crippen molar-refractivity contribution in [1.29, 1.82) is 0 Å². The molecule has 2 N–H and O–H groups in total. The molecule has 0 saturated heterocycles. The second-order valence-corrected chi connectivity index (χ2v) is 8.80. The molecule has 0 aliphatic carbocycles. The highest BCUT2D eigenvalue weighted by atomic mass is 16.1. The van der Waals surface area contributed by atoms with E-state index in [0.29, 0.717) is 5.39 Å². The number of rotatable bonds is 5. The molecular formula is C27H28N4O. The van der Waals surface area contributed by atoms with Gasteiger partial charge in [0, 0.05) is 17.6 Å². The van der Waals surface area contributed by atoms with Crippen molar-refractivity contribution in [3.05, 3.63) is 105 Å². The summed E-state index contributed by atoms with van der Waals surface area (Å²) >= 11 is 0. The molecule has 32 heavy (non-hydrogen) atoms. The van der Waals surface area contributed by atoms with Crippen LogP contribution in [0.25, 0.3) is 10.8 Å². The molecule has 0 spiro atoms. The van der Waals surface area contributed by atoms with Crippen LogP contribution in [0.2, 0.25) is 0 Å². The lowest BCUT2D eigenvalue weighted by molar-refractivity contribution is 0.402. The van der Waals surface area contributed by atoms with Crippen molar-refractivity contribution in [2.75, 3.05) is 19.4 Å². The maximum absolute atomic E-state index is 12.5. The molecule has 1 aromatic heterocycles. The third-order valence-corrected chi connectivity index (χ3v) is 6.39. The van der Waals surface area contributed by atoms with Crippen LogP contribution in [0.1, 0.15) is 46.8 Å². The van der Waals surface area contributed by atoms with Crippen LogP contribution >= 0.6 is 0 Å². The Morgan fingerprint density at radius 2 is 1.75 bits per heavy atom. The van der Waals surface area contributed by atoms with Crippen molar-refractivity contribution >= 4 is 16.5 Å². The minimum atomic E-state index is -0.153. The molecule has 0 radical (unpaired) electrons. The van der Waals surface area contributed by atoms with Gasteiger partial charge in [-0.25, -0.2) is 5.10 Å². The van der Waals surface area contributed by atoms with E-state index in [1.54, 1.807) is 0 Å². The lowest BCUT2D eigenvalue weighted by Crippen LogP contribution is -2.28. The van der Waals surface area contributed by atoms with Crippen LogP contribution in [0.15, 0.2) is 71.5 Å². The first-order valence-corrected chi connectivity index (χ1v) is 11.2. The summed E-state index contributed by atoms with van der Waals surface area (Å²) in [4.78, 5) is 14.7. The van der Waals surface area contributed by atoms with Crippen molar-refractivity contribution in [1.82, 2.24) is 15.1 Å². The van der Waals surface area contributed by atoms with Gasteiger partial charge in [-0.05, 0) is 54.9 Å². The number of aromatic amines is 1. The van der Waals surface area contributed by atoms with Crippen LogP contribution in [0.3, 0.4) is 0 Å². The smallest absolute Gasteiger partial charge is 0.272 e. The Balaban J connectivity index is 1.72. The molecular weight excluding hydrogens is 396 g/mol. The number of hydrogen-bond acceptors (Lipinski definition) is 4. The quantitative estimate of drug-likeness (QED) is 0.481. The Kier molecular flexibility index (Phi) is 5.27. The molecule has 1 aliphatic rings. The van der Waals surface area contributed by atoms with Gasteiger partial charge in [0.1, 0.15) is 0 Å². The van der Waals surface area contributed by atoms with Gasteiger partial charge in [0.2, 0.25) is 0 Å². The second-order valence-electron chi connectivity index (χ2n) is 8.80. The Morgan fingerprint density at radius 3 is 2.50 bits per heavy atom. The predicted molar refractivity (Wildman–Crippen MR) is 130 cm³/mol. The molecule has 0 amide bonds. The van der Waals surface area contributed by atoms with E-state index < -0.39 is 0 Å². The Labute approximate surface area is 188 Å². The highest BCUT2D eigenvalue weighted by molar-refractivity contribution is 5.97. The monoisotopic (exact) mass is 424 g/mol. The Hall–Kier alpha value is -3.44. The maximum atomic E-state index is 12.5. The lowest BCUT2D eigenvalue weighted by atomic mass is 9.78. The number of H-pyrrole nitrogens is 1. The summed E-state index contributed by atoms with van der Waals surface area (Å²) < 4.78 is 0. The zero-order valence-electron chi connectivity index (χ0n) is 18.7. The SMILES string of the molecule is CCc1ccccc1C1Nc2cccc3c(=O)[nH]nc(c23)C1c1ccc(CN(C)C)cc1. The third kappa shape index (κ3) is 3.49. The summed E-state index contributed by atoms with van der Waals surface area (Å²) in [6, 6.07) is 23.3. The van der Waals surface area contributed by atoms with Crippen molar-refractivity contribution < 1.29 is 0 Å². The number of benzene rings is 3.